The van der Waals surface area contributed by atoms with Crippen LogP contribution >= 0.6 is 0 Å². The van der Waals surface area contributed by atoms with Gasteiger partial charge in [-0.05, 0) is 23.6 Å². The predicted molar refractivity (Wildman–Crippen MR) is 160 cm³/mol. The fraction of sp³-hybridized carbons (Fsp3) is 0.242. The lowest BCUT2D eigenvalue weighted by Crippen LogP contribution is -2.38. The Kier molecular flexibility index (Phi) is 8.05. The molecule has 3 atom stereocenters. The van der Waals surface area contributed by atoms with E-state index < -0.39 is 41.2 Å². The van der Waals surface area contributed by atoms with E-state index in [4.69, 9.17) is 14.2 Å². The number of aromatic amines is 1. The first kappa shape index (κ1) is 29.0. The Morgan fingerprint density at radius 1 is 0.955 bits per heavy atom. The third-order valence-corrected chi connectivity index (χ3v) is 7.95. The molecule has 224 valence electrons. The number of hydrogen-bond donors (Lipinski definition) is 1. The Hall–Kier alpha value is -5.13. The number of aromatic nitrogens is 5. The minimum Gasteiger partial charge on any atom is -0.464 e. The summed E-state index contributed by atoms with van der Waals surface area (Å²) >= 11 is 0. The first-order valence-electron chi connectivity index (χ1n) is 14.2. The minimum atomic E-state index is -1.03. The van der Waals surface area contributed by atoms with Gasteiger partial charge in [0.1, 0.15) is 17.9 Å². The van der Waals surface area contributed by atoms with Crippen LogP contribution in [0.5, 0.6) is 0 Å². The maximum atomic E-state index is 12.9. The standard InChI is InChI=1S/C33H31N5O6/c1-22-20-37(32(41)35-30(22)39)29-18-26(38-27(19-34-36-38)31(40)42-2)28(44-29)21-43-33(23-12-6-3-7-13-23,24-14-8-4-9-15-24)25-16-10-5-11-17-25/h3-17,19-20,26,28-29H,18,21H2,1-2H3,(H,35,39,41)/t26-,28+,29+/m0/s1. The molecule has 11 heteroatoms. The molecular formula is C33H31N5O6. The summed E-state index contributed by atoms with van der Waals surface area (Å²) in [4.78, 5) is 39.9. The van der Waals surface area contributed by atoms with Crippen LogP contribution in [0.4, 0.5) is 0 Å². The number of carbonyl (C=O) groups excluding carboxylic acids is 1. The Morgan fingerprint density at radius 3 is 2.07 bits per heavy atom. The van der Waals surface area contributed by atoms with Gasteiger partial charge in [-0.3, -0.25) is 14.3 Å². The van der Waals surface area contributed by atoms with E-state index in [0.717, 1.165) is 16.7 Å². The number of aryl methyl sites for hydroxylation is 1. The van der Waals surface area contributed by atoms with E-state index in [2.05, 4.69) is 15.3 Å². The number of carbonyl (C=O) groups is 1. The minimum absolute atomic E-state index is 0.0391. The molecule has 11 nitrogen and oxygen atoms in total. The second kappa shape index (κ2) is 12.2. The summed E-state index contributed by atoms with van der Waals surface area (Å²) < 4.78 is 21.3. The molecule has 6 rings (SSSR count). The van der Waals surface area contributed by atoms with Gasteiger partial charge < -0.3 is 14.2 Å². The van der Waals surface area contributed by atoms with Gasteiger partial charge in [-0.15, -0.1) is 5.10 Å². The average Bonchev–Trinajstić information content (AvgIpc) is 3.72. The van der Waals surface area contributed by atoms with Crippen molar-refractivity contribution in [2.24, 2.45) is 0 Å². The molecule has 1 aliphatic rings. The number of methoxy groups -OCH3 is 1. The number of nitrogens with one attached hydrogen (secondary N) is 1. The number of rotatable bonds is 9. The highest BCUT2D eigenvalue weighted by atomic mass is 16.6. The molecule has 44 heavy (non-hydrogen) atoms. The van der Waals surface area contributed by atoms with E-state index in [0.29, 0.717) is 5.56 Å². The fourth-order valence-corrected chi connectivity index (χ4v) is 5.81. The highest BCUT2D eigenvalue weighted by Crippen LogP contribution is 2.43. The second-order valence-electron chi connectivity index (χ2n) is 10.6. The van der Waals surface area contributed by atoms with E-state index in [9.17, 15) is 14.4 Å². The molecule has 0 amide bonds. The molecule has 3 aromatic carbocycles. The van der Waals surface area contributed by atoms with Gasteiger partial charge >= 0.3 is 11.7 Å². The van der Waals surface area contributed by atoms with Gasteiger partial charge in [0.15, 0.2) is 5.69 Å². The van der Waals surface area contributed by atoms with E-state index in [1.54, 1.807) is 6.92 Å². The number of benzene rings is 3. The molecule has 1 aliphatic heterocycles. The smallest absolute Gasteiger partial charge is 0.358 e. The van der Waals surface area contributed by atoms with Crippen LogP contribution in [0.3, 0.4) is 0 Å². The molecule has 3 heterocycles. The topological polar surface area (TPSA) is 130 Å². The highest BCUT2D eigenvalue weighted by molar-refractivity contribution is 5.87. The molecule has 0 saturated carbocycles. The van der Waals surface area contributed by atoms with E-state index in [1.807, 2.05) is 91.0 Å². The van der Waals surface area contributed by atoms with Gasteiger partial charge in [-0.25, -0.2) is 14.3 Å². The van der Waals surface area contributed by atoms with Gasteiger partial charge in [-0.1, -0.05) is 96.2 Å². The summed E-state index contributed by atoms with van der Waals surface area (Å²) in [5.74, 6) is -0.609. The van der Waals surface area contributed by atoms with Crippen molar-refractivity contribution in [2.45, 2.75) is 37.3 Å². The monoisotopic (exact) mass is 593 g/mol. The number of ether oxygens (including phenoxy) is 3. The zero-order valence-corrected chi connectivity index (χ0v) is 24.2. The Labute approximate surface area is 252 Å². The first-order chi connectivity index (χ1) is 21.4. The maximum Gasteiger partial charge on any atom is 0.358 e. The number of nitrogens with zero attached hydrogens (tertiary/aromatic N) is 4. The lowest BCUT2D eigenvalue weighted by Gasteiger charge is -2.37. The van der Waals surface area contributed by atoms with Crippen molar-refractivity contribution in [3.63, 3.8) is 0 Å². The maximum absolute atomic E-state index is 12.9. The SMILES string of the molecule is COC(=O)c1cnnn1[C@H]1C[C@H](n2cc(C)c(=O)[nH]c2=O)O[C@@H]1COC(c1ccccc1)(c1ccccc1)c1ccccc1. The molecule has 5 aromatic rings. The van der Waals surface area contributed by atoms with Crippen LogP contribution in [0, 0.1) is 6.92 Å². The van der Waals surface area contributed by atoms with Crippen molar-refractivity contribution >= 4 is 5.97 Å². The van der Waals surface area contributed by atoms with Crippen molar-refractivity contribution in [3.05, 3.63) is 152 Å². The van der Waals surface area contributed by atoms with Crippen LogP contribution in [0.25, 0.3) is 0 Å². The predicted octanol–water partition coefficient (Wildman–Crippen LogP) is 3.76. The molecule has 0 aliphatic carbocycles. The highest BCUT2D eigenvalue weighted by Gasteiger charge is 2.44. The third kappa shape index (κ3) is 5.27. The third-order valence-electron chi connectivity index (χ3n) is 7.95. The Bertz CT molecular complexity index is 1760. The summed E-state index contributed by atoms with van der Waals surface area (Å²) in [7, 11) is 1.28. The summed E-state index contributed by atoms with van der Waals surface area (Å²) in [6.45, 7) is 1.65. The van der Waals surface area contributed by atoms with Gasteiger partial charge in [0.2, 0.25) is 0 Å². The molecule has 0 spiro atoms. The fourth-order valence-electron chi connectivity index (χ4n) is 5.81. The van der Waals surface area contributed by atoms with Crippen molar-refractivity contribution in [1.29, 1.82) is 0 Å². The Morgan fingerprint density at radius 2 is 1.52 bits per heavy atom. The largest absolute Gasteiger partial charge is 0.464 e. The zero-order chi connectivity index (χ0) is 30.7. The van der Waals surface area contributed by atoms with Crippen molar-refractivity contribution in [1.82, 2.24) is 24.5 Å². The molecule has 1 N–H and O–H groups in total. The Balaban J connectivity index is 1.45. The lowest BCUT2D eigenvalue weighted by atomic mass is 9.80. The number of hydrogen-bond acceptors (Lipinski definition) is 8. The van der Waals surface area contributed by atoms with Crippen molar-refractivity contribution < 1.29 is 19.0 Å². The van der Waals surface area contributed by atoms with Crippen LogP contribution < -0.4 is 11.2 Å². The van der Waals surface area contributed by atoms with Gasteiger partial charge in [0, 0.05) is 18.2 Å². The van der Waals surface area contributed by atoms with Crippen LogP contribution in [0.1, 0.15) is 51.4 Å². The molecule has 0 radical (unpaired) electrons. The normalized spacial score (nSPS) is 18.3. The first-order valence-corrected chi connectivity index (χ1v) is 14.2. The van der Waals surface area contributed by atoms with E-state index in [1.165, 1.54) is 28.8 Å². The molecule has 0 unspecified atom stereocenters. The quantitative estimate of drug-likeness (QED) is 0.202. The summed E-state index contributed by atoms with van der Waals surface area (Å²) in [5, 5.41) is 8.17. The van der Waals surface area contributed by atoms with E-state index in [-0.39, 0.29) is 18.7 Å². The second-order valence-corrected chi connectivity index (χ2v) is 10.6. The number of H-pyrrole nitrogens is 1. The number of esters is 1. The van der Waals surface area contributed by atoms with Crippen molar-refractivity contribution in [2.75, 3.05) is 13.7 Å². The zero-order valence-electron chi connectivity index (χ0n) is 24.2. The van der Waals surface area contributed by atoms with Gasteiger partial charge in [0.25, 0.3) is 5.56 Å². The van der Waals surface area contributed by atoms with Gasteiger partial charge in [-0.2, -0.15) is 0 Å². The van der Waals surface area contributed by atoms with Gasteiger partial charge in [0.05, 0.1) is 26.0 Å². The van der Waals surface area contributed by atoms with Crippen LogP contribution in [-0.4, -0.2) is 50.3 Å². The molecule has 0 bridgehead atoms. The lowest BCUT2D eigenvalue weighted by molar-refractivity contribution is -0.0844. The average molecular weight is 594 g/mol. The summed E-state index contributed by atoms with van der Waals surface area (Å²) in [5.41, 5.74) is 1.11. The molecule has 1 saturated heterocycles. The van der Waals surface area contributed by atoms with Crippen LogP contribution in [0.2, 0.25) is 0 Å². The summed E-state index contributed by atoms with van der Waals surface area (Å²) in [6, 6.07) is 29.2. The van der Waals surface area contributed by atoms with E-state index >= 15 is 0 Å². The molecule has 1 fully saturated rings. The van der Waals surface area contributed by atoms with Crippen LogP contribution in [-0.2, 0) is 19.8 Å². The van der Waals surface area contributed by atoms with Crippen LogP contribution in [0.15, 0.2) is 113 Å². The summed E-state index contributed by atoms with van der Waals surface area (Å²) in [6.07, 6.45) is 1.56. The van der Waals surface area contributed by atoms with Crippen molar-refractivity contribution in [3.8, 4) is 0 Å². The molecule has 2 aromatic heterocycles. The molecular weight excluding hydrogens is 562 g/mol.